The Morgan fingerprint density at radius 1 is 1.32 bits per heavy atom. The third kappa shape index (κ3) is 4.47. The fourth-order valence-corrected chi connectivity index (χ4v) is 6.46. The Hall–Kier alpha value is -2.03. The van der Waals surface area contributed by atoms with Crippen molar-refractivity contribution in [2.45, 2.75) is 61.4 Å². The smallest absolute Gasteiger partial charge is 0.310 e. The van der Waals surface area contributed by atoms with Crippen molar-refractivity contribution in [3.63, 3.8) is 0 Å². The van der Waals surface area contributed by atoms with Crippen LogP contribution in [0.3, 0.4) is 0 Å². The van der Waals surface area contributed by atoms with Gasteiger partial charge in [-0.15, -0.1) is 0 Å². The number of hydrogen-bond donors (Lipinski definition) is 1. The van der Waals surface area contributed by atoms with Gasteiger partial charge in [-0.2, -0.15) is 0 Å². The molecule has 1 aromatic rings. The number of nitrogens with two attached hydrogens (primary N) is 1. The van der Waals surface area contributed by atoms with E-state index >= 15 is 0 Å². The molecule has 0 radical (unpaired) electrons. The van der Waals surface area contributed by atoms with Crippen LogP contribution in [0.1, 0.15) is 60.9 Å². The number of ether oxygens (including phenoxy) is 1. The molecule has 8 heteroatoms. The van der Waals surface area contributed by atoms with E-state index < -0.39 is 11.0 Å². The second kappa shape index (κ2) is 9.22. The van der Waals surface area contributed by atoms with Crippen molar-refractivity contribution < 1.29 is 18.5 Å². The van der Waals surface area contributed by atoms with Crippen LogP contribution < -0.4 is 5.73 Å². The highest BCUT2D eigenvalue weighted by Gasteiger charge is 2.58. The van der Waals surface area contributed by atoms with Gasteiger partial charge >= 0.3 is 5.97 Å². The van der Waals surface area contributed by atoms with Crippen LogP contribution in [0.15, 0.2) is 29.3 Å². The van der Waals surface area contributed by atoms with E-state index in [2.05, 4.69) is 0 Å². The topological polar surface area (TPSA) is 92.9 Å². The summed E-state index contributed by atoms with van der Waals surface area (Å²) in [5, 5.41) is 0. The van der Waals surface area contributed by atoms with Gasteiger partial charge in [-0.25, -0.2) is 8.51 Å². The van der Waals surface area contributed by atoms with Crippen molar-refractivity contribution >= 4 is 29.3 Å². The minimum absolute atomic E-state index is 0.0174. The van der Waals surface area contributed by atoms with Crippen molar-refractivity contribution in [3.8, 4) is 0 Å². The van der Waals surface area contributed by atoms with Crippen molar-refractivity contribution in [1.82, 2.24) is 9.21 Å². The Morgan fingerprint density at radius 3 is 2.74 bits per heavy atom. The fourth-order valence-electron chi connectivity index (χ4n) is 4.73. The van der Waals surface area contributed by atoms with Crippen LogP contribution in [0.25, 0.3) is 6.08 Å². The van der Waals surface area contributed by atoms with Crippen LogP contribution in [0.2, 0.25) is 0 Å². The fraction of sp³-hybridized carbons (Fsp3) is 0.565. The summed E-state index contributed by atoms with van der Waals surface area (Å²) in [4.78, 5) is 26.2. The molecule has 3 aliphatic rings. The zero-order valence-corrected chi connectivity index (χ0v) is 18.8. The standard InChI is InChI=1S/C23H31N3O4S/c1-25(16-30-22(28)17-5-2-3-6-17)13-9-19-18(15-27)7-4-8-20(19)31(29)26-14-10-21(24)23(26)11-12-23/h4,7-9,13,15,17,21H,2-3,5-6,10-12,14,16,24H2,1H3/b13-9-. The van der Waals surface area contributed by atoms with Crippen LogP contribution >= 0.6 is 0 Å². The van der Waals surface area contributed by atoms with Gasteiger partial charge in [-0.1, -0.05) is 25.0 Å². The Balaban J connectivity index is 1.48. The first-order valence-corrected chi connectivity index (χ1v) is 12.2. The molecule has 1 heterocycles. The summed E-state index contributed by atoms with van der Waals surface area (Å²) in [6.45, 7) is 0.830. The average molecular weight is 446 g/mol. The van der Waals surface area contributed by atoms with E-state index in [1.807, 2.05) is 10.4 Å². The van der Waals surface area contributed by atoms with Gasteiger partial charge in [0.05, 0.1) is 10.8 Å². The summed E-state index contributed by atoms with van der Waals surface area (Å²) in [7, 11) is 0.405. The molecule has 31 heavy (non-hydrogen) atoms. The Labute approximate surface area is 186 Å². The summed E-state index contributed by atoms with van der Waals surface area (Å²) >= 11 is 0. The molecule has 2 N–H and O–H groups in total. The number of rotatable bonds is 8. The van der Waals surface area contributed by atoms with Crippen LogP contribution in [0, 0.1) is 5.92 Å². The van der Waals surface area contributed by atoms with Gasteiger partial charge in [0.1, 0.15) is 11.0 Å². The van der Waals surface area contributed by atoms with Crippen molar-refractivity contribution in [3.05, 3.63) is 35.5 Å². The largest absolute Gasteiger partial charge is 0.444 e. The first-order valence-electron chi connectivity index (χ1n) is 11.0. The number of nitrogens with zero attached hydrogens (tertiary/aromatic N) is 2. The predicted octanol–water partition coefficient (Wildman–Crippen LogP) is 2.68. The molecule has 0 aromatic heterocycles. The van der Waals surface area contributed by atoms with E-state index in [4.69, 9.17) is 10.5 Å². The van der Waals surface area contributed by atoms with E-state index in [0.29, 0.717) is 22.6 Å². The normalized spacial score (nSPS) is 24.0. The van der Waals surface area contributed by atoms with E-state index in [-0.39, 0.29) is 30.2 Å². The van der Waals surface area contributed by atoms with Gasteiger partial charge in [0, 0.05) is 42.5 Å². The maximum atomic E-state index is 13.5. The van der Waals surface area contributed by atoms with Crippen LogP contribution in [-0.2, 0) is 20.5 Å². The van der Waals surface area contributed by atoms with Crippen molar-refractivity contribution in [2.24, 2.45) is 11.7 Å². The highest BCUT2D eigenvalue weighted by Crippen LogP contribution is 2.50. The highest BCUT2D eigenvalue weighted by molar-refractivity contribution is 7.82. The molecular weight excluding hydrogens is 414 g/mol. The Bertz CT molecular complexity index is 893. The maximum Gasteiger partial charge on any atom is 0.310 e. The predicted molar refractivity (Wildman–Crippen MR) is 119 cm³/mol. The lowest BCUT2D eigenvalue weighted by Gasteiger charge is -2.26. The minimum Gasteiger partial charge on any atom is -0.444 e. The molecule has 0 amide bonds. The van der Waals surface area contributed by atoms with E-state index in [9.17, 15) is 13.8 Å². The number of hydrogen-bond acceptors (Lipinski definition) is 6. The molecule has 2 unspecified atom stereocenters. The first-order chi connectivity index (χ1) is 15.0. The number of aldehydes is 1. The number of carbonyl (C=O) groups is 2. The molecule has 7 nitrogen and oxygen atoms in total. The summed E-state index contributed by atoms with van der Waals surface area (Å²) in [6.07, 6.45) is 11.1. The van der Waals surface area contributed by atoms with E-state index in [0.717, 1.165) is 51.2 Å². The third-order valence-electron chi connectivity index (χ3n) is 6.80. The maximum absolute atomic E-state index is 13.5. The molecular formula is C23H31N3O4S. The lowest BCUT2D eigenvalue weighted by Crippen LogP contribution is -2.42. The molecule has 4 rings (SSSR count). The molecule has 2 saturated carbocycles. The van der Waals surface area contributed by atoms with E-state index in [1.165, 1.54) is 0 Å². The molecule has 1 saturated heterocycles. The van der Waals surface area contributed by atoms with Crippen LogP contribution in [-0.4, -0.2) is 57.6 Å². The molecule has 3 fully saturated rings. The molecule has 1 aliphatic heterocycles. The summed E-state index contributed by atoms with van der Waals surface area (Å²) < 4.78 is 20.9. The van der Waals surface area contributed by atoms with Gasteiger partial charge < -0.3 is 15.4 Å². The summed E-state index contributed by atoms with van der Waals surface area (Å²) in [5.74, 6) is -0.128. The molecule has 2 atom stereocenters. The molecule has 0 bridgehead atoms. The highest BCUT2D eigenvalue weighted by atomic mass is 32.2. The summed E-state index contributed by atoms with van der Waals surface area (Å²) in [6, 6.07) is 5.33. The second-order valence-electron chi connectivity index (χ2n) is 8.87. The molecule has 2 aliphatic carbocycles. The molecule has 1 aromatic carbocycles. The number of esters is 1. The third-order valence-corrected chi connectivity index (χ3v) is 8.48. The summed E-state index contributed by atoms with van der Waals surface area (Å²) in [5.41, 5.74) is 7.23. The lowest BCUT2D eigenvalue weighted by atomic mass is 10.1. The van der Waals surface area contributed by atoms with Crippen LogP contribution in [0.5, 0.6) is 0 Å². The SMILES string of the molecule is CN(/C=C\c1c(C=O)cccc1S(=O)N1CCC(N)C12CC2)COC(=O)C1CCCC1. The van der Waals surface area contributed by atoms with Gasteiger partial charge in [0.25, 0.3) is 0 Å². The zero-order valence-electron chi connectivity index (χ0n) is 18.0. The number of benzene rings is 1. The first kappa shape index (κ1) is 22.2. The quantitative estimate of drug-likeness (QED) is 0.376. The lowest BCUT2D eigenvalue weighted by molar-refractivity contribution is -0.151. The second-order valence-corrected chi connectivity index (χ2v) is 10.3. The van der Waals surface area contributed by atoms with Gasteiger partial charge in [-0.05, 0) is 44.2 Å². The molecule has 168 valence electrons. The molecule has 1 spiro atoms. The minimum atomic E-state index is -1.40. The van der Waals surface area contributed by atoms with Crippen LogP contribution in [0.4, 0.5) is 0 Å². The van der Waals surface area contributed by atoms with Gasteiger partial charge in [0.15, 0.2) is 13.0 Å². The van der Waals surface area contributed by atoms with Crippen molar-refractivity contribution in [2.75, 3.05) is 20.3 Å². The van der Waals surface area contributed by atoms with Gasteiger partial charge in [-0.3, -0.25) is 9.59 Å². The van der Waals surface area contributed by atoms with Gasteiger partial charge in [0.2, 0.25) is 0 Å². The Kier molecular flexibility index (Phi) is 6.60. The van der Waals surface area contributed by atoms with Crippen molar-refractivity contribution in [1.29, 1.82) is 0 Å². The number of carbonyl (C=O) groups excluding carboxylic acids is 2. The zero-order chi connectivity index (χ0) is 22.0. The Morgan fingerprint density at radius 2 is 2.06 bits per heavy atom. The van der Waals surface area contributed by atoms with E-state index in [1.54, 1.807) is 36.4 Å². The monoisotopic (exact) mass is 445 g/mol. The average Bonchev–Trinajstić information content (AvgIpc) is 3.25.